The predicted octanol–water partition coefficient (Wildman–Crippen LogP) is 1.65. The van der Waals surface area contributed by atoms with E-state index in [2.05, 4.69) is 5.87 Å². The van der Waals surface area contributed by atoms with Crippen LogP contribution >= 0.6 is 0 Å². The van der Waals surface area contributed by atoms with E-state index in [1.54, 1.807) is 0 Å². The van der Waals surface area contributed by atoms with E-state index in [0.717, 1.165) is 0 Å². The lowest BCUT2D eigenvalue weighted by molar-refractivity contribution is -0.764. The molecule has 0 unspecified atom stereocenters. The predicted molar refractivity (Wildman–Crippen MR) is 43.8 cm³/mol. The Morgan fingerprint density at radius 1 is 1.42 bits per heavy atom. The second-order valence-corrected chi connectivity index (χ2v) is 3.96. The van der Waals surface area contributed by atoms with Crippen molar-refractivity contribution in [1.82, 2.24) is 0 Å². The van der Waals surface area contributed by atoms with Gasteiger partial charge >= 0.3 is 5.70 Å². The summed E-state index contributed by atoms with van der Waals surface area (Å²) in [5.41, 5.74) is -0.790. The number of hydrogen-bond acceptors (Lipinski definition) is 3. The topological polar surface area (TPSA) is 53.2 Å². The van der Waals surface area contributed by atoms with Crippen LogP contribution in [0, 0.1) is 15.7 Å². The summed E-state index contributed by atoms with van der Waals surface area (Å²) in [5.74, 6) is 2.11. The van der Waals surface area contributed by atoms with Gasteiger partial charge in [0.1, 0.15) is 5.41 Å². The molecule has 0 saturated carbocycles. The van der Waals surface area contributed by atoms with Crippen molar-refractivity contribution in [3.8, 4) is 0 Å². The van der Waals surface area contributed by atoms with Gasteiger partial charge < -0.3 is 0 Å². The molecule has 1 aliphatic rings. The van der Waals surface area contributed by atoms with Gasteiger partial charge in [-0.25, -0.2) is 4.84 Å². The van der Waals surface area contributed by atoms with Gasteiger partial charge in [-0.2, -0.15) is 0 Å². The molecule has 0 atom stereocenters. The average Bonchev–Trinajstić information content (AvgIpc) is 1.99. The van der Waals surface area contributed by atoms with Crippen LogP contribution in [0.15, 0.2) is 5.70 Å². The largest absolute Gasteiger partial charge is 0.363 e. The van der Waals surface area contributed by atoms with Crippen molar-refractivity contribution in [2.75, 3.05) is 0 Å². The quantitative estimate of drug-likeness (QED) is 0.560. The lowest BCUT2D eigenvalue weighted by Gasteiger charge is -2.22. The Labute approximate surface area is 71.3 Å². The van der Waals surface area contributed by atoms with E-state index in [9.17, 15) is 4.91 Å². The van der Waals surface area contributed by atoms with Crippen molar-refractivity contribution < 1.29 is 9.76 Å². The molecule has 0 bridgehead atoms. The molecular formula is C8H13N2O2+. The number of rotatable bonds is 0. The SMILES string of the molecule is CC1(C)O[N+](=O)C(=C=N)C1(C)C. The van der Waals surface area contributed by atoms with Gasteiger partial charge in [0.2, 0.25) is 0 Å². The molecule has 0 spiro atoms. The van der Waals surface area contributed by atoms with E-state index in [1.165, 1.54) is 0 Å². The highest BCUT2D eigenvalue weighted by Gasteiger charge is 2.62. The van der Waals surface area contributed by atoms with E-state index in [-0.39, 0.29) is 5.70 Å². The molecule has 1 saturated heterocycles. The second-order valence-electron chi connectivity index (χ2n) is 3.96. The molecule has 1 aliphatic heterocycles. The molecule has 66 valence electrons. The van der Waals surface area contributed by atoms with Crippen molar-refractivity contribution in [3.05, 3.63) is 10.6 Å². The smallest absolute Gasteiger partial charge is 0.253 e. The monoisotopic (exact) mass is 169 g/mol. The molecule has 4 heteroatoms. The molecule has 0 aromatic rings. The maximum absolute atomic E-state index is 11.1. The Bertz CT molecular complexity index is 285. The summed E-state index contributed by atoms with van der Waals surface area (Å²) < 4.78 is 0. The van der Waals surface area contributed by atoms with Crippen molar-refractivity contribution in [1.29, 1.82) is 5.41 Å². The van der Waals surface area contributed by atoms with Crippen LogP contribution in [0.4, 0.5) is 0 Å². The summed E-state index contributed by atoms with van der Waals surface area (Å²) in [6, 6.07) is 0. The van der Waals surface area contributed by atoms with Crippen LogP contribution in [0.5, 0.6) is 0 Å². The summed E-state index contributed by atoms with van der Waals surface area (Å²) in [5, 5.41) is 6.95. The minimum absolute atomic E-state index is 0.243. The number of nitrogens with zero attached hydrogens (tertiary/aromatic N) is 1. The van der Waals surface area contributed by atoms with E-state index in [0.29, 0.717) is 4.92 Å². The highest BCUT2D eigenvalue weighted by molar-refractivity contribution is 5.54. The molecule has 0 aromatic heterocycles. The molecular weight excluding hydrogens is 156 g/mol. The third-order valence-corrected chi connectivity index (χ3v) is 2.71. The first-order valence-corrected chi connectivity index (χ1v) is 3.79. The molecule has 12 heavy (non-hydrogen) atoms. The molecule has 1 rings (SSSR count). The summed E-state index contributed by atoms with van der Waals surface area (Å²) in [6.45, 7) is 7.37. The summed E-state index contributed by atoms with van der Waals surface area (Å²) >= 11 is 0. The molecule has 0 radical (unpaired) electrons. The van der Waals surface area contributed by atoms with Crippen LogP contribution in [-0.2, 0) is 4.84 Å². The van der Waals surface area contributed by atoms with Crippen LogP contribution in [0.25, 0.3) is 0 Å². The summed E-state index contributed by atoms with van der Waals surface area (Å²) in [7, 11) is 0. The zero-order valence-corrected chi connectivity index (χ0v) is 7.76. The first kappa shape index (κ1) is 8.94. The van der Waals surface area contributed by atoms with Gasteiger partial charge in [0.25, 0.3) is 4.92 Å². The van der Waals surface area contributed by atoms with Gasteiger partial charge in [-0.3, -0.25) is 5.41 Å². The minimum Gasteiger partial charge on any atom is -0.253 e. The van der Waals surface area contributed by atoms with Crippen LogP contribution in [0.3, 0.4) is 0 Å². The van der Waals surface area contributed by atoms with Crippen molar-refractivity contribution in [2.24, 2.45) is 5.41 Å². The lowest BCUT2D eigenvalue weighted by Crippen LogP contribution is -2.35. The summed E-state index contributed by atoms with van der Waals surface area (Å²) in [4.78, 5) is 16.5. The van der Waals surface area contributed by atoms with Crippen molar-refractivity contribution >= 4 is 5.87 Å². The van der Waals surface area contributed by atoms with E-state index in [1.807, 2.05) is 27.7 Å². The Morgan fingerprint density at radius 2 is 1.92 bits per heavy atom. The first-order chi connectivity index (χ1) is 5.33. The van der Waals surface area contributed by atoms with Crippen LogP contribution in [0.1, 0.15) is 27.7 Å². The van der Waals surface area contributed by atoms with E-state index < -0.39 is 11.0 Å². The highest BCUT2D eigenvalue weighted by atomic mass is 16.8. The zero-order chi connectivity index (χ0) is 9.57. The van der Waals surface area contributed by atoms with Crippen molar-refractivity contribution in [3.63, 3.8) is 0 Å². The molecule has 0 amide bonds. The first-order valence-electron chi connectivity index (χ1n) is 3.79. The third-order valence-electron chi connectivity index (χ3n) is 2.71. The van der Waals surface area contributed by atoms with Crippen LogP contribution in [0.2, 0.25) is 0 Å². The fourth-order valence-electron chi connectivity index (χ4n) is 1.08. The Hall–Kier alpha value is -1.15. The maximum atomic E-state index is 11.1. The fourth-order valence-corrected chi connectivity index (χ4v) is 1.08. The third kappa shape index (κ3) is 0.883. The molecule has 1 heterocycles. The summed E-state index contributed by atoms with van der Waals surface area (Å²) in [6.07, 6.45) is 0. The maximum Gasteiger partial charge on any atom is 0.363 e. The second kappa shape index (κ2) is 2.17. The normalized spacial score (nSPS) is 25.0. The van der Waals surface area contributed by atoms with E-state index in [4.69, 9.17) is 10.2 Å². The molecule has 1 N–H and O–H groups in total. The fraction of sp³-hybridized carbons (Fsp3) is 0.750. The standard InChI is InChI=1S/C8H13N2O2/c1-7(2)6(5-9)10(11)12-8(7,3)4/h9H,1-4H3/q+1. The minimum atomic E-state index is -0.571. The Morgan fingerprint density at radius 3 is 2.08 bits per heavy atom. The number of hydrogen-bond donors (Lipinski definition) is 1. The van der Waals surface area contributed by atoms with Gasteiger partial charge in [-0.15, -0.1) is 0 Å². The molecule has 0 aromatic carbocycles. The van der Waals surface area contributed by atoms with Gasteiger partial charge in [0, 0.05) is 0 Å². The highest BCUT2D eigenvalue weighted by Crippen LogP contribution is 2.45. The molecule has 1 fully saturated rings. The van der Waals surface area contributed by atoms with Crippen molar-refractivity contribution in [2.45, 2.75) is 33.3 Å². The average molecular weight is 169 g/mol. The molecule has 0 aliphatic carbocycles. The Kier molecular flexibility index (Phi) is 1.62. The van der Waals surface area contributed by atoms with E-state index >= 15 is 0 Å². The van der Waals surface area contributed by atoms with Gasteiger partial charge in [-0.1, -0.05) is 0 Å². The van der Waals surface area contributed by atoms with Crippen LogP contribution in [-0.4, -0.2) is 16.4 Å². The van der Waals surface area contributed by atoms with Crippen LogP contribution < -0.4 is 0 Å². The molecule has 4 nitrogen and oxygen atoms in total. The zero-order valence-electron chi connectivity index (χ0n) is 7.76. The van der Waals surface area contributed by atoms with Gasteiger partial charge in [0.15, 0.2) is 5.60 Å². The Balaban J connectivity index is 3.27. The van der Waals surface area contributed by atoms with Gasteiger partial charge in [-0.05, 0) is 27.7 Å². The number of nitrogens with one attached hydrogen (secondary N) is 1. The lowest BCUT2D eigenvalue weighted by atomic mass is 9.76. The van der Waals surface area contributed by atoms with Gasteiger partial charge in [0.05, 0.1) is 10.8 Å².